The van der Waals surface area contributed by atoms with Crippen molar-refractivity contribution in [3.63, 3.8) is 0 Å². The predicted octanol–water partition coefficient (Wildman–Crippen LogP) is 6.70. The lowest BCUT2D eigenvalue weighted by Crippen LogP contribution is -2.52. The van der Waals surface area contributed by atoms with Crippen molar-refractivity contribution in [2.24, 2.45) is 5.41 Å². The summed E-state index contributed by atoms with van der Waals surface area (Å²) < 4.78 is 17.4. The highest BCUT2D eigenvalue weighted by atomic mass is 16.9. The molecule has 0 saturated carbocycles. The standard InChI is InChI=1S/C21H44O3/c1-7-10-12-14-15-17-19-20(9-3,18-16-13-11-8-2)21(22-4,23-5)24-6/h7-19H2,1-6H3. The smallest absolute Gasteiger partial charge is 0.288 e. The molecule has 0 bridgehead atoms. The van der Waals surface area contributed by atoms with Crippen molar-refractivity contribution in [2.75, 3.05) is 21.3 Å². The van der Waals surface area contributed by atoms with Crippen LogP contribution >= 0.6 is 0 Å². The van der Waals surface area contributed by atoms with Crippen LogP contribution in [0.3, 0.4) is 0 Å². The summed E-state index contributed by atoms with van der Waals surface area (Å²) in [5.74, 6) is -0.919. The van der Waals surface area contributed by atoms with E-state index in [-0.39, 0.29) is 5.41 Å². The molecule has 24 heavy (non-hydrogen) atoms. The number of hydrogen-bond donors (Lipinski definition) is 0. The van der Waals surface area contributed by atoms with Gasteiger partial charge < -0.3 is 14.2 Å². The summed E-state index contributed by atoms with van der Waals surface area (Å²) >= 11 is 0. The zero-order valence-corrected chi connectivity index (χ0v) is 17.4. The van der Waals surface area contributed by atoms with Gasteiger partial charge in [-0.2, -0.15) is 0 Å². The molecule has 0 aliphatic carbocycles. The SMILES string of the molecule is CCCCCCCCC(CC)(CCCCCC)C(OC)(OC)OC. The molecule has 0 aromatic rings. The number of hydrogen-bond acceptors (Lipinski definition) is 3. The van der Waals surface area contributed by atoms with Crippen LogP contribution in [0.15, 0.2) is 0 Å². The fraction of sp³-hybridized carbons (Fsp3) is 1.00. The van der Waals surface area contributed by atoms with Gasteiger partial charge in [-0.3, -0.25) is 0 Å². The van der Waals surface area contributed by atoms with Crippen LogP contribution < -0.4 is 0 Å². The molecular formula is C21H44O3. The number of rotatable bonds is 17. The molecule has 0 saturated heterocycles. The van der Waals surface area contributed by atoms with Gasteiger partial charge in [-0.25, -0.2) is 0 Å². The maximum Gasteiger partial charge on any atom is 0.288 e. The summed E-state index contributed by atoms with van der Waals surface area (Å²) in [5, 5.41) is 0. The highest BCUT2D eigenvalue weighted by Crippen LogP contribution is 2.47. The third kappa shape index (κ3) is 7.01. The maximum absolute atomic E-state index is 5.80. The van der Waals surface area contributed by atoms with Gasteiger partial charge in [0.15, 0.2) is 0 Å². The first-order valence-corrected chi connectivity index (χ1v) is 10.3. The first kappa shape index (κ1) is 23.9. The Balaban J connectivity index is 4.88. The molecule has 0 fully saturated rings. The number of unbranched alkanes of at least 4 members (excludes halogenated alkanes) is 8. The summed E-state index contributed by atoms with van der Waals surface area (Å²) in [6.45, 7) is 6.78. The zero-order chi connectivity index (χ0) is 18.3. The number of ether oxygens (including phenoxy) is 3. The molecular weight excluding hydrogens is 300 g/mol. The minimum Gasteiger partial charge on any atom is -0.330 e. The molecule has 0 aromatic heterocycles. The monoisotopic (exact) mass is 344 g/mol. The molecule has 0 heterocycles. The van der Waals surface area contributed by atoms with Gasteiger partial charge in [-0.1, -0.05) is 85.0 Å². The van der Waals surface area contributed by atoms with E-state index in [0.29, 0.717) is 0 Å². The first-order valence-electron chi connectivity index (χ1n) is 10.3. The van der Waals surface area contributed by atoms with Gasteiger partial charge in [0.2, 0.25) is 0 Å². The van der Waals surface area contributed by atoms with Crippen LogP contribution in [0.25, 0.3) is 0 Å². The Kier molecular flexibility index (Phi) is 14.0. The third-order valence-corrected chi connectivity index (χ3v) is 5.65. The van der Waals surface area contributed by atoms with Gasteiger partial charge in [0.25, 0.3) is 5.97 Å². The minimum atomic E-state index is -0.919. The Morgan fingerprint density at radius 3 is 1.29 bits per heavy atom. The average molecular weight is 345 g/mol. The largest absolute Gasteiger partial charge is 0.330 e. The molecule has 1 unspecified atom stereocenters. The molecule has 146 valence electrons. The van der Waals surface area contributed by atoms with Crippen LogP contribution in [-0.4, -0.2) is 27.3 Å². The summed E-state index contributed by atoms with van der Waals surface area (Å²) in [5.41, 5.74) is -0.0657. The van der Waals surface area contributed by atoms with Crippen molar-refractivity contribution in [3.05, 3.63) is 0 Å². The molecule has 0 N–H and O–H groups in total. The second-order valence-corrected chi connectivity index (χ2v) is 7.13. The van der Waals surface area contributed by atoms with Gasteiger partial charge in [-0.05, 0) is 19.3 Å². The molecule has 0 aliphatic heterocycles. The Labute approximate surface area is 151 Å². The molecule has 3 nitrogen and oxygen atoms in total. The van der Waals surface area contributed by atoms with E-state index < -0.39 is 5.97 Å². The molecule has 1 atom stereocenters. The Hall–Kier alpha value is -0.120. The van der Waals surface area contributed by atoms with E-state index in [2.05, 4.69) is 20.8 Å². The van der Waals surface area contributed by atoms with Crippen molar-refractivity contribution in [3.8, 4) is 0 Å². The lowest BCUT2D eigenvalue weighted by molar-refractivity contribution is -0.410. The molecule has 0 radical (unpaired) electrons. The summed E-state index contributed by atoms with van der Waals surface area (Å²) in [6.07, 6.45) is 16.2. The van der Waals surface area contributed by atoms with Crippen molar-refractivity contribution < 1.29 is 14.2 Å². The topological polar surface area (TPSA) is 27.7 Å². The normalized spacial score (nSPS) is 14.8. The van der Waals surface area contributed by atoms with Crippen LogP contribution in [-0.2, 0) is 14.2 Å². The maximum atomic E-state index is 5.80. The second kappa shape index (κ2) is 14.1. The third-order valence-electron chi connectivity index (χ3n) is 5.65. The summed E-state index contributed by atoms with van der Waals surface area (Å²) in [6, 6.07) is 0. The van der Waals surface area contributed by atoms with Crippen molar-refractivity contribution in [2.45, 2.75) is 110 Å². The zero-order valence-electron chi connectivity index (χ0n) is 17.4. The Morgan fingerprint density at radius 2 is 0.917 bits per heavy atom. The molecule has 3 heteroatoms. The van der Waals surface area contributed by atoms with Crippen LogP contribution in [0.2, 0.25) is 0 Å². The highest BCUT2D eigenvalue weighted by molar-refractivity contribution is 4.87. The van der Waals surface area contributed by atoms with E-state index in [9.17, 15) is 0 Å². The fourth-order valence-corrected chi connectivity index (χ4v) is 4.03. The van der Waals surface area contributed by atoms with E-state index in [1.807, 2.05) is 0 Å². The Bertz CT molecular complexity index is 268. The van der Waals surface area contributed by atoms with E-state index in [4.69, 9.17) is 14.2 Å². The van der Waals surface area contributed by atoms with E-state index in [0.717, 1.165) is 19.3 Å². The number of methoxy groups -OCH3 is 3. The van der Waals surface area contributed by atoms with Crippen molar-refractivity contribution in [1.29, 1.82) is 0 Å². The summed E-state index contributed by atoms with van der Waals surface area (Å²) in [4.78, 5) is 0. The fourth-order valence-electron chi connectivity index (χ4n) is 4.03. The Morgan fingerprint density at radius 1 is 0.542 bits per heavy atom. The van der Waals surface area contributed by atoms with Gasteiger partial charge in [-0.15, -0.1) is 0 Å². The predicted molar refractivity (Wildman–Crippen MR) is 103 cm³/mol. The van der Waals surface area contributed by atoms with E-state index in [1.54, 1.807) is 21.3 Å². The quantitative estimate of drug-likeness (QED) is 0.217. The van der Waals surface area contributed by atoms with Crippen LogP contribution in [0.1, 0.15) is 104 Å². The summed E-state index contributed by atoms with van der Waals surface area (Å²) in [7, 11) is 5.14. The lowest BCUT2D eigenvalue weighted by Gasteiger charge is -2.47. The molecule has 0 aliphatic rings. The molecule has 0 amide bonds. The second-order valence-electron chi connectivity index (χ2n) is 7.13. The minimum absolute atomic E-state index is 0.0657. The molecule has 0 rings (SSSR count). The van der Waals surface area contributed by atoms with Crippen LogP contribution in [0, 0.1) is 5.41 Å². The van der Waals surface area contributed by atoms with Gasteiger partial charge in [0, 0.05) is 21.3 Å². The van der Waals surface area contributed by atoms with Gasteiger partial charge in [0.05, 0.1) is 5.41 Å². The van der Waals surface area contributed by atoms with Gasteiger partial charge >= 0.3 is 0 Å². The van der Waals surface area contributed by atoms with Crippen LogP contribution in [0.5, 0.6) is 0 Å². The van der Waals surface area contributed by atoms with Crippen molar-refractivity contribution >= 4 is 0 Å². The van der Waals surface area contributed by atoms with E-state index >= 15 is 0 Å². The first-order chi connectivity index (χ1) is 11.6. The van der Waals surface area contributed by atoms with Crippen LogP contribution in [0.4, 0.5) is 0 Å². The molecule has 0 spiro atoms. The highest BCUT2D eigenvalue weighted by Gasteiger charge is 2.51. The van der Waals surface area contributed by atoms with Gasteiger partial charge in [0.1, 0.15) is 0 Å². The average Bonchev–Trinajstić information content (AvgIpc) is 2.62. The van der Waals surface area contributed by atoms with E-state index in [1.165, 1.54) is 64.2 Å². The lowest BCUT2D eigenvalue weighted by atomic mass is 9.73. The molecule has 0 aromatic carbocycles. The van der Waals surface area contributed by atoms with Crippen molar-refractivity contribution in [1.82, 2.24) is 0 Å².